The number of nitrogens with zero attached hydrogens (tertiary/aromatic N) is 6. The van der Waals surface area contributed by atoms with Crippen molar-refractivity contribution in [3.05, 3.63) is 65.1 Å². The third kappa shape index (κ3) is 4.14. The Balaban J connectivity index is 1.43. The van der Waals surface area contributed by atoms with Crippen molar-refractivity contribution < 1.29 is 13.5 Å². The van der Waals surface area contributed by atoms with Crippen LogP contribution in [0.15, 0.2) is 36.7 Å². The van der Waals surface area contributed by atoms with Crippen molar-refractivity contribution in [1.29, 1.82) is 0 Å². The molecule has 7 nitrogen and oxygen atoms in total. The molecular formula is C26H26F2N6O. The molecule has 0 bridgehead atoms. The van der Waals surface area contributed by atoms with E-state index < -0.39 is 11.6 Å². The maximum atomic E-state index is 14.9. The van der Waals surface area contributed by atoms with Gasteiger partial charge in [-0.05, 0) is 57.4 Å². The highest BCUT2D eigenvalue weighted by Gasteiger charge is 2.31. The summed E-state index contributed by atoms with van der Waals surface area (Å²) in [6.07, 6.45) is 5.99. The van der Waals surface area contributed by atoms with E-state index in [0.29, 0.717) is 41.8 Å². The molecule has 4 aromatic rings. The van der Waals surface area contributed by atoms with Gasteiger partial charge in [0.25, 0.3) is 0 Å². The number of hydrogen-bond acceptors (Lipinski definition) is 6. The van der Waals surface area contributed by atoms with Gasteiger partial charge in [-0.3, -0.25) is 4.68 Å². The number of pyridine rings is 1. The first-order valence-electron chi connectivity index (χ1n) is 11.9. The number of benzene rings is 1. The highest BCUT2D eigenvalue weighted by atomic mass is 19.1. The average molecular weight is 477 g/mol. The summed E-state index contributed by atoms with van der Waals surface area (Å²) in [5, 5.41) is 5.14. The van der Waals surface area contributed by atoms with E-state index in [1.165, 1.54) is 12.1 Å². The largest absolute Gasteiger partial charge is 0.367 e. The summed E-state index contributed by atoms with van der Waals surface area (Å²) >= 11 is 0. The molecule has 180 valence electrons. The van der Waals surface area contributed by atoms with E-state index in [9.17, 15) is 8.78 Å². The number of rotatable bonds is 4. The Bertz CT molecular complexity index is 1430. The first kappa shape index (κ1) is 22.0. The van der Waals surface area contributed by atoms with Crippen LogP contribution in [0, 0.1) is 25.5 Å². The number of hydrogen-bond donors (Lipinski definition) is 0. The number of fused-ring (bicyclic) bond motifs is 1. The highest BCUT2D eigenvalue weighted by molar-refractivity contribution is 5.92. The van der Waals surface area contributed by atoms with Gasteiger partial charge in [0.05, 0.1) is 30.6 Å². The van der Waals surface area contributed by atoms with Crippen molar-refractivity contribution in [2.45, 2.75) is 51.9 Å². The van der Waals surface area contributed by atoms with Crippen molar-refractivity contribution in [3.8, 4) is 11.3 Å². The Morgan fingerprint density at radius 1 is 1.03 bits per heavy atom. The zero-order chi connectivity index (χ0) is 24.3. The minimum atomic E-state index is -0.671. The van der Waals surface area contributed by atoms with Crippen LogP contribution in [0.5, 0.6) is 0 Å². The molecule has 4 heterocycles. The van der Waals surface area contributed by atoms with Crippen molar-refractivity contribution in [1.82, 2.24) is 24.7 Å². The van der Waals surface area contributed by atoms with Gasteiger partial charge in [0.2, 0.25) is 5.95 Å². The molecular weight excluding hydrogens is 450 g/mol. The van der Waals surface area contributed by atoms with Crippen molar-refractivity contribution >= 4 is 17.0 Å². The number of halogens is 2. The maximum absolute atomic E-state index is 14.9. The molecule has 3 aromatic heterocycles. The lowest BCUT2D eigenvalue weighted by atomic mass is 10.1. The van der Waals surface area contributed by atoms with Gasteiger partial charge in [-0.25, -0.2) is 18.7 Å². The summed E-state index contributed by atoms with van der Waals surface area (Å²) in [6.45, 7) is 6.98. The number of ether oxygens (including phenoxy) is 1. The quantitative estimate of drug-likeness (QED) is 0.409. The van der Waals surface area contributed by atoms with Crippen molar-refractivity contribution in [2.75, 3.05) is 18.0 Å². The molecule has 2 aliphatic rings. The van der Waals surface area contributed by atoms with E-state index in [2.05, 4.69) is 21.2 Å². The molecule has 1 aliphatic heterocycles. The second-order valence-electron chi connectivity index (χ2n) is 9.58. The van der Waals surface area contributed by atoms with E-state index >= 15 is 0 Å². The molecule has 1 aliphatic carbocycles. The zero-order valence-corrected chi connectivity index (χ0v) is 19.9. The first-order valence-corrected chi connectivity index (χ1v) is 11.9. The second kappa shape index (κ2) is 8.34. The third-order valence-corrected chi connectivity index (χ3v) is 6.76. The van der Waals surface area contributed by atoms with Gasteiger partial charge >= 0.3 is 0 Å². The smallest absolute Gasteiger partial charge is 0.228 e. The van der Waals surface area contributed by atoms with Gasteiger partial charge < -0.3 is 9.64 Å². The predicted molar refractivity (Wildman–Crippen MR) is 128 cm³/mol. The number of aromatic nitrogens is 5. The van der Waals surface area contributed by atoms with Crippen LogP contribution < -0.4 is 4.90 Å². The topological polar surface area (TPSA) is 69.0 Å². The summed E-state index contributed by atoms with van der Waals surface area (Å²) in [7, 11) is 0. The molecule has 35 heavy (non-hydrogen) atoms. The van der Waals surface area contributed by atoms with Crippen LogP contribution >= 0.6 is 0 Å². The average Bonchev–Trinajstić information content (AvgIpc) is 3.55. The maximum Gasteiger partial charge on any atom is 0.228 e. The zero-order valence-electron chi connectivity index (χ0n) is 19.9. The Kier molecular flexibility index (Phi) is 5.25. The van der Waals surface area contributed by atoms with Crippen LogP contribution in [0.4, 0.5) is 14.7 Å². The molecule has 1 saturated heterocycles. The first-order chi connectivity index (χ1) is 16.9. The van der Waals surface area contributed by atoms with Crippen LogP contribution in [-0.2, 0) is 4.74 Å². The molecule has 0 unspecified atom stereocenters. The minimum absolute atomic E-state index is 0.0731. The summed E-state index contributed by atoms with van der Waals surface area (Å²) in [6, 6.07) is 5.95. The molecule has 0 radical (unpaired) electrons. The lowest BCUT2D eigenvalue weighted by Crippen LogP contribution is -2.43. The van der Waals surface area contributed by atoms with Crippen LogP contribution in [0.25, 0.3) is 22.3 Å². The fourth-order valence-electron chi connectivity index (χ4n) is 4.62. The summed E-state index contributed by atoms with van der Waals surface area (Å²) < 4.78 is 36.8. The standard InChI is InChI=1S/C26H26F2N6O/c1-14-8-21-24(20-7-4-18(27)9-22(20)28)31-26(32-25(21)30-16(14)3)33-11-15(2)35-23(13-33)17-10-29-34(12-17)19-5-6-19/h4,7-10,12,15,19,23H,5-6,11,13H2,1-3H3/t15-,23-/m0/s1. The molecule has 0 amide bonds. The van der Waals surface area contributed by atoms with E-state index in [1.807, 2.05) is 37.7 Å². The van der Waals surface area contributed by atoms with Gasteiger partial charge in [0.15, 0.2) is 5.65 Å². The lowest BCUT2D eigenvalue weighted by Gasteiger charge is -2.36. The van der Waals surface area contributed by atoms with E-state index in [4.69, 9.17) is 14.7 Å². The van der Waals surface area contributed by atoms with Gasteiger partial charge in [0, 0.05) is 41.0 Å². The van der Waals surface area contributed by atoms with Crippen molar-refractivity contribution in [3.63, 3.8) is 0 Å². The number of anilines is 1. The Labute approximate surface area is 201 Å². The monoisotopic (exact) mass is 476 g/mol. The Morgan fingerprint density at radius 2 is 1.86 bits per heavy atom. The number of aryl methyl sites for hydroxylation is 2. The Morgan fingerprint density at radius 3 is 2.63 bits per heavy atom. The molecule has 6 rings (SSSR count). The van der Waals surface area contributed by atoms with Gasteiger partial charge in [0.1, 0.15) is 17.7 Å². The molecule has 0 spiro atoms. The van der Waals surface area contributed by atoms with Crippen molar-refractivity contribution in [2.24, 2.45) is 0 Å². The van der Waals surface area contributed by atoms with Gasteiger partial charge in [-0.1, -0.05) is 0 Å². The number of morpholine rings is 1. The summed E-state index contributed by atoms with van der Waals surface area (Å²) in [5.41, 5.74) is 3.90. The lowest BCUT2D eigenvalue weighted by molar-refractivity contribution is -0.0178. The molecule has 9 heteroatoms. The summed E-state index contributed by atoms with van der Waals surface area (Å²) in [5.74, 6) is -0.858. The van der Waals surface area contributed by atoms with Crippen LogP contribution in [0.1, 0.15) is 48.7 Å². The van der Waals surface area contributed by atoms with Crippen LogP contribution in [0.2, 0.25) is 0 Å². The van der Waals surface area contributed by atoms with Gasteiger partial charge in [-0.2, -0.15) is 10.1 Å². The Hall–Kier alpha value is -3.46. The summed E-state index contributed by atoms with van der Waals surface area (Å²) in [4.78, 5) is 16.3. The van der Waals surface area contributed by atoms with Crippen LogP contribution in [-0.4, -0.2) is 43.9 Å². The van der Waals surface area contributed by atoms with E-state index in [1.54, 1.807) is 0 Å². The second-order valence-corrected chi connectivity index (χ2v) is 9.58. The molecule has 0 N–H and O–H groups in total. The third-order valence-electron chi connectivity index (χ3n) is 6.76. The normalized spacial score (nSPS) is 20.5. The fourth-order valence-corrected chi connectivity index (χ4v) is 4.62. The van der Waals surface area contributed by atoms with E-state index in [-0.39, 0.29) is 17.8 Å². The predicted octanol–water partition coefficient (Wildman–Crippen LogP) is 5.08. The SMILES string of the molecule is Cc1cc2c(-c3ccc(F)cc3F)nc(N3C[C@@H](c4cnn(C5CC5)c4)O[C@@H](C)C3)nc2nc1C. The fraction of sp³-hybridized carbons (Fsp3) is 0.385. The molecule has 2 fully saturated rings. The minimum Gasteiger partial charge on any atom is -0.367 e. The van der Waals surface area contributed by atoms with E-state index in [0.717, 1.165) is 35.7 Å². The van der Waals surface area contributed by atoms with Gasteiger partial charge in [-0.15, -0.1) is 0 Å². The molecule has 1 aromatic carbocycles. The highest BCUT2D eigenvalue weighted by Crippen LogP contribution is 2.36. The molecule has 1 saturated carbocycles. The van der Waals surface area contributed by atoms with Crippen LogP contribution in [0.3, 0.4) is 0 Å². The molecule has 2 atom stereocenters.